The summed E-state index contributed by atoms with van der Waals surface area (Å²) in [5, 5.41) is 0. The second-order valence-corrected chi connectivity index (χ2v) is 6.56. The van der Waals surface area contributed by atoms with E-state index >= 15 is 0 Å². The molecule has 2 amide bonds. The van der Waals surface area contributed by atoms with Gasteiger partial charge in [-0.1, -0.05) is 36.4 Å². The molecule has 0 saturated carbocycles. The monoisotopic (exact) mass is 345 g/mol. The van der Waals surface area contributed by atoms with Gasteiger partial charge in [0.25, 0.3) is 11.8 Å². The van der Waals surface area contributed by atoms with Gasteiger partial charge in [-0.3, -0.25) is 14.5 Å². The zero-order valence-corrected chi connectivity index (χ0v) is 15.7. The van der Waals surface area contributed by atoms with Gasteiger partial charge in [-0.2, -0.15) is 0 Å². The molecule has 0 atom stereocenters. The summed E-state index contributed by atoms with van der Waals surface area (Å²) < 4.78 is 0. The maximum atomic E-state index is 12.6. The Morgan fingerprint density at radius 1 is 1.12 bits per heavy atom. The second-order valence-electron chi connectivity index (χ2n) is 6.56. The number of allylic oxidation sites excluding steroid dienone is 3. The third-order valence-electron chi connectivity index (χ3n) is 4.95. The molecular weight excluding hydrogens is 322 g/mol. The molecule has 0 saturated heterocycles. The van der Waals surface area contributed by atoms with Crippen molar-refractivity contribution in [3.63, 3.8) is 0 Å². The number of nitrogens with zero attached hydrogens (tertiary/aromatic N) is 1. The topological polar surface area (TPSA) is 37.4 Å². The van der Waals surface area contributed by atoms with Gasteiger partial charge in [0.1, 0.15) is 0 Å². The highest BCUT2D eigenvalue weighted by molar-refractivity contribution is 6.11. The van der Waals surface area contributed by atoms with Crippen molar-refractivity contribution in [3.05, 3.63) is 76.9 Å². The molecule has 0 fully saturated rings. The van der Waals surface area contributed by atoms with Crippen molar-refractivity contribution in [1.82, 2.24) is 4.90 Å². The first-order valence-electron chi connectivity index (χ1n) is 8.82. The average molecular weight is 345 g/mol. The van der Waals surface area contributed by atoms with Gasteiger partial charge < -0.3 is 0 Å². The summed E-state index contributed by atoms with van der Waals surface area (Å²) in [6.45, 7) is 8.32. The maximum Gasteiger partial charge on any atom is 0.261 e. The van der Waals surface area contributed by atoms with Crippen LogP contribution in [0.3, 0.4) is 0 Å². The van der Waals surface area contributed by atoms with Crippen molar-refractivity contribution in [3.8, 4) is 11.1 Å². The SMILES string of the molecule is C/C=C(/C)c1cc(-c2cccc3c2CN(C(=O)/C=C/C)C3=O)ccc1C. The van der Waals surface area contributed by atoms with E-state index in [0.717, 1.165) is 16.7 Å². The van der Waals surface area contributed by atoms with Crippen molar-refractivity contribution in [2.45, 2.75) is 34.2 Å². The smallest absolute Gasteiger partial charge is 0.261 e. The predicted molar refractivity (Wildman–Crippen MR) is 106 cm³/mol. The van der Waals surface area contributed by atoms with E-state index < -0.39 is 0 Å². The summed E-state index contributed by atoms with van der Waals surface area (Å²) in [6, 6.07) is 12.1. The lowest BCUT2D eigenvalue weighted by atomic mass is 9.92. The van der Waals surface area contributed by atoms with E-state index in [1.54, 1.807) is 19.1 Å². The van der Waals surface area contributed by atoms with Gasteiger partial charge in [-0.15, -0.1) is 0 Å². The minimum Gasteiger partial charge on any atom is -0.270 e. The van der Waals surface area contributed by atoms with Crippen LogP contribution in [0.25, 0.3) is 16.7 Å². The molecular formula is C23H23NO2. The summed E-state index contributed by atoms with van der Waals surface area (Å²) in [5.74, 6) is -0.490. The molecule has 1 aliphatic rings. The summed E-state index contributed by atoms with van der Waals surface area (Å²) >= 11 is 0. The van der Waals surface area contributed by atoms with Gasteiger partial charge in [-0.05, 0) is 79.3 Å². The van der Waals surface area contributed by atoms with Gasteiger partial charge in [0.15, 0.2) is 0 Å². The van der Waals surface area contributed by atoms with Crippen molar-refractivity contribution >= 4 is 17.4 Å². The van der Waals surface area contributed by atoms with Gasteiger partial charge in [0, 0.05) is 5.56 Å². The number of hydrogen-bond acceptors (Lipinski definition) is 2. The van der Waals surface area contributed by atoms with Crippen LogP contribution in [0.5, 0.6) is 0 Å². The van der Waals surface area contributed by atoms with E-state index in [4.69, 9.17) is 0 Å². The molecule has 2 aromatic carbocycles. The van der Waals surface area contributed by atoms with Crippen LogP contribution in [-0.2, 0) is 11.3 Å². The van der Waals surface area contributed by atoms with Crippen LogP contribution < -0.4 is 0 Å². The molecule has 0 aliphatic carbocycles. The Hall–Kier alpha value is -2.94. The van der Waals surface area contributed by atoms with E-state index in [0.29, 0.717) is 12.1 Å². The summed E-state index contributed by atoms with van der Waals surface area (Å²) in [7, 11) is 0. The number of carbonyl (C=O) groups excluding carboxylic acids is 2. The second kappa shape index (κ2) is 7.12. The summed E-state index contributed by atoms with van der Waals surface area (Å²) in [5.41, 5.74) is 7.26. The minimum atomic E-state index is -0.269. The fourth-order valence-electron chi connectivity index (χ4n) is 3.38. The van der Waals surface area contributed by atoms with Crippen LogP contribution in [-0.4, -0.2) is 16.7 Å². The average Bonchev–Trinajstić information content (AvgIpc) is 2.99. The number of imide groups is 1. The molecule has 132 valence electrons. The Labute approximate surface area is 154 Å². The fourth-order valence-corrected chi connectivity index (χ4v) is 3.38. The lowest BCUT2D eigenvalue weighted by Crippen LogP contribution is -2.29. The third-order valence-corrected chi connectivity index (χ3v) is 4.95. The Bertz CT molecular complexity index is 951. The molecule has 0 radical (unpaired) electrons. The van der Waals surface area contributed by atoms with Crippen LogP contribution in [0.15, 0.2) is 54.6 Å². The van der Waals surface area contributed by atoms with Crippen LogP contribution in [0.1, 0.15) is 47.8 Å². The molecule has 0 N–H and O–H groups in total. The molecule has 3 rings (SSSR count). The number of rotatable bonds is 3. The predicted octanol–water partition coefficient (Wildman–Crippen LogP) is 5.14. The normalized spacial score (nSPS) is 14.2. The molecule has 2 aromatic rings. The number of amides is 2. The van der Waals surface area contributed by atoms with E-state index in [2.05, 4.69) is 38.1 Å². The van der Waals surface area contributed by atoms with E-state index in [9.17, 15) is 9.59 Å². The zero-order valence-electron chi connectivity index (χ0n) is 15.7. The number of benzene rings is 2. The minimum absolute atomic E-state index is 0.220. The fraction of sp³-hybridized carbons (Fsp3) is 0.217. The summed E-state index contributed by atoms with van der Waals surface area (Å²) in [4.78, 5) is 26.2. The largest absolute Gasteiger partial charge is 0.270 e. The Kier molecular flexibility index (Phi) is 4.90. The lowest BCUT2D eigenvalue weighted by Gasteiger charge is -2.13. The highest BCUT2D eigenvalue weighted by Crippen LogP contribution is 2.34. The lowest BCUT2D eigenvalue weighted by molar-refractivity contribution is -0.123. The quantitative estimate of drug-likeness (QED) is 0.722. The first kappa shape index (κ1) is 17.9. The number of aryl methyl sites for hydroxylation is 1. The Morgan fingerprint density at radius 3 is 2.54 bits per heavy atom. The molecule has 3 heteroatoms. The van der Waals surface area contributed by atoms with E-state index in [1.807, 2.05) is 19.1 Å². The summed E-state index contributed by atoms with van der Waals surface area (Å²) in [6.07, 6.45) is 5.19. The van der Waals surface area contributed by atoms with Gasteiger partial charge in [-0.25, -0.2) is 0 Å². The van der Waals surface area contributed by atoms with Gasteiger partial charge >= 0.3 is 0 Å². The van der Waals surface area contributed by atoms with Crippen molar-refractivity contribution in [2.75, 3.05) is 0 Å². The first-order valence-corrected chi connectivity index (χ1v) is 8.82. The first-order chi connectivity index (χ1) is 12.5. The Morgan fingerprint density at radius 2 is 1.85 bits per heavy atom. The van der Waals surface area contributed by atoms with E-state index in [1.165, 1.54) is 27.7 Å². The van der Waals surface area contributed by atoms with Gasteiger partial charge in [0.2, 0.25) is 0 Å². The number of carbonyl (C=O) groups is 2. The van der Waals surface area contributed by atoms with Crippen molar-refractivity contribution < 1.29 is 9.59 Å². The van der Waals surface area contributed by atoms with Crippen LogP contribution in [0.4, 0.5) is 0 Å². The van der Waals surface area contributed by atoms with Crippen LogP contribution in [0, 0.1) is 6.92 Å². The Balaban J connectivity index is 2.09. The van der Waals surface area contributed by atoms with Crippen LogP contribution >= 0.6 is 0 Å². The molecule has 1 aliphatic heterocycles. The molecule has 0 spiro atoms. The zero-order chi connectivity index (χ0) is 18.8. The number of fused-ring (bicyclic) bond motifs is 1. The molecule has 0 unspecified atom stereocenters. The van der Waals surface area contributed by atoms with Crippen LogP contribution in [0.2, 0.25) is 0 Å². The molecule has 26 heavy (non-hydrogen) atoms. The third kappa shape index (κ3) is 3.01. The molecule has 0 aromatic heterocycles. The standard InChI is InChI=1S/C23H23NO2/c1-5-8-22(25)24-14-21-18(9-7-10-19(21)23(24)26)17-12-11-16(4)20(13-17)15(3)6-2/h5-13H,14H2,1-4H3/b8-5+,15-6-. The molecule has 1 heterocycles. The van der Waals surface area contributed by atoms with Crippen molar-refractivity contribution in [1.29, 1.82) is 0 Å². The molecule has 3 nitrogen and oxygen atoms in total. The van der Waals surface area contributed by atoms with E-state index in [-0.39, 0.29) is 11.8 Å². The maximum absolute atomic E-state index is 12.6. The number of hydrogen-bond donors (Lipinski definition) is 0. The van der Waals surface area contributed by atoms with Gasteiger partial charge in [0.05, 0.1) is 6.54 Å². The highest BCUT2D eigenvalue weighted by atomic mass is 16.2. The van der Waals surface area contributed by atoms with Crippen molar-refractivity contribution in [2.24, 2.45) is 0 Å². The highest BCUT2D eigenvalue weighted by Gasteiger charge is 2.32. The molecule has 0 bridgehead atoms.